The first-order chi connectivity index (χ1) is 12.0. The number of aromatic nitrogens is 2. The van der Waals surface area contributed by atoms with Crippen LogP contribution in [0.1, 0.15) is 36.1 Å². The smallest absolute Gasteiger partial charge is 0.322 e. The predicted octanol–water partition coefficient (Wildman–Crippen LogP) is 1.74. The number of anilines is 1. The third-order valence-electron chi connectivity index (χ3n) is 4.65. The number of amides is 1. The van der Waals surface area contributed by atoms with Crippen molar-refractivity contribution >= 4 is 33.1 Å². The van der Waals surface area contributed by atoms with Crippen molar-refractivity contribution in [2.75, 3.05) is 26.0 Å². The van der Waals surface area contributed by atoms with Gasteiger partial charge >= 0.3 is 10.2 Å². The van der Waals surface area contributed by atoms with E-state index in [1.807, 2.05) is 38.8 Å². The van der Waals surface area contributed by atoms with Gasteiger partial charge in [0.05, 0.1) is 17.6 Å². The van der Waals surface area contributed by atoms with Crippen molar-refractivity contribution in [2.45, 2.75) is 32.9 Å². The van der Waals surface area contributed by atoms with Gasteiger partial charge in [0.2, 0.25) is 0 Å². The van der Waals surface area contributed by atoms with E-state index >= 15 is 0 Å². The zero-order valence-corrected chi connectivity index (χ0v) is 17.3. The maximum atomic E-state index is 12.5. The lowest BCUT2D eigenvalue weighted by Gasteiger charge is -2.41. The molecule has 10 heteroatoms. The zero-order chi connectivity index (χ0) is 19.4. The minimum absolute atomic E-state index is 0.120. The number of rotatable bonds is 4. The number of hydrogen-bond acceptors (Lipinski definition) is 6. The molecule has 0 aromatic carbocycles. The monoisotopic (exact) mass is 397 g/mol. The summed E-state index contributed by atoms with van der Waals surface area (Å²) in [6, 6.07) is 1.93. The van der Waals surface area contributed by atoms with E-state index in [0.717, 1.165) is 24.5 Å². The molecule has 0 atom stereocenters. The molecule has 2 aromatic rings. The summed E-state index contributed by atoms with van der Waals surface area (Å²) in [4.78, 5) is 15.9. The molecule has 0 unspecified atom stereocenters. The van der Waals surface area contributed by atoms with Gasteiger partial charge in [-0.25, -0.2) is 0 Å². The molecule has 3 heterocycles. The lowest BCUT2D eigenvalue weighted by atomic mass is 10.1. The summed E-state index contributed by atoms with van der Waals surface area (Å²) in [5, 5.41) is 7.08. The van der Waals surface area contributed by atoms with Gasteiger partial charge in [0.25, 0.3) is 5.91 Å². The molecule has 0 radical (unpaired) electrons. The van der Waals surface area contributed by atoms with Gasteiger partial charge in [0.1, 0.15) is 10.5 Å². The Morgan fingerprint density at radius 2 is 2.00 bits per heavy atom. The average Bonchev–Trinajstić information content (AvgIpc) is 3.16. The molecular weight excluding hydrogens is 374 g/mol. The molecule has 1 aliphatic rings. The van der Waals surface area contributed by atoms with Crippen molar-refractivity contribution in [1.29, 1.82) is 0 Å². The van der Waals surface area contributed by atoms with Crippen LogP contribution in [-0.4, -0.2) is 54.6 Å². The molecule has 3 rings (SSSR count). The first kappa shape index (κ1) is 18.9. The zero-order valence-electron chi connectivity index (χ0n) is 15.7. The summed E-state index contributed by atoms with van der Waals surface area (Å²) in [5.74, 6) is -0.120. The van der Waals surface area contributed by atoms with Crippen molar-refractivity contribution in [3.8, 4) is 10.4 Å². The molecular formula is C16H23N5O3S2. The van der Waals surface area contributed by atoms with E-state index in [1.54, 1.807) is 6.20 Å². The third-order valence-corrected chi connectivity index (χ3v) is 7.48. The van der Waals surface area contributed by atoms with Crippen LogP contribution >= 0.6 is 11.3 Å². The standard InChI is InChI=1S/C16H23N5O3S2/c1-7-11-10(9-17-21(11)26(23,24)19(4)5)13-8-12-14(25-13)15(22)18-16(2,3)20(12)6/h8-9H,7H2,1-6H3,(H,18,22). The van der Waals surface area contributed by atoms with Gasteiger partial charge in [0, 0.05) is 31.6 Å². The quantitative estimate of drug-likeness (QED) is 0.849. The molecule has 142 valence electrons. The minimum Gasteiger partial charge on any atom is -0.351 e. The Labute approximate surface area is 157 Å². The van der Waals surface area contributed by atoms with E-state index in [9.17, 15) is 13.2 Å². The number of carbonyl (C=O) groups excluding carboxylic acids is 1. The first-order valence-electron chi connectivity index (χ1n) is 8.21. The lowest BCUT2D eigenvalue weighted by Crippen LogP contribution is -2.58. The molecule has 0 bridgehead atoms. The molecule has 0 saturated carbocycles. The minimum atomic E-state index is -3.70. The summed E-state index contributed by atoms with van der Waals surface area (Å²) < 4.78 is 27.2. The summed E-state index contributed by atoms with van der Waals surface area (Å²) in [5.41, 5.74) is 1.68. The second kappa shape index (κ2) is 6.07. The highest BCUT2D eigenvalue weighted by atomic mass is 32.2. The van der Waals surface area contributed by atoms with Gasteiger partial charge in [-0.1, -0.05) is 6.92 Å². The van der Waals surface area contributed by atoms with E-state index in [-0.39, 0.29) is 5.91 Å². The topological polar surface area (TPSA) is 87.5 Å². The average molecular weight is 398 g/mol. The normalized spacial score (nSPS) is 16.7. The van der Waals surface area contributed by atoms with Crippen LogP contribution in [-0.2, 0) is 16.6 Å². The van der Waals surface area contributed by atoms with Crippen LogP contribution in [0.25, 0.3) is 10.4 Å². The highest BCUT2D eigenvalue weighted by molar-refractivity contribution is 7.87. The van der Waals surface area contributed by atoms with E-state index in [2.05, 4.69) is 10.4 Å². The van der Waals surface area contributed by atoms with E-state index < -0.39 is 15.9 Å². The Kier molecular flexibility index (Phi) is 4.40. The Balaban J connectivity index is 2.15. The summed E-state index contributed by atoms with van der Waals surface area (Å²) >= 11 is 1.35. The Morgan fingerprint density at radius 1 is 1.35 bits per heavy atom. The third kappa shape index (κ3) is 2.72. The van der Waals surface area contributed by atoms with Crippen LogP contribution in [0.2, 0.25) is 0 Å². The molecule has 26 heavy (non-hydrogen) atoms. The molecule has 0 spiro atoms. The van der Waals surface area contributed by atoms with E-state index in [4.69, 9.17) is 0 Å². The van der Waals surface area contributed by atoms with Crippen molar-refractivity contribution in [1.82, 2.24) is 18.8 Å². The maximum Gasteiger partial charge on any atom is 0.322 e. The van der Waals surface area contributed by atoms with Gasteiger partial charge in [-0.3, -0.25) is 4.79 Å². The molecule has 0 fully saturated rings. The predicted molar refractivity (Wildman–Crippen MR) is 103 cm³/mol. The van der Waals surface area contributed by atoms with Crippen LogP contribution in [0.15, 0.2) is 12.3 Å². The fraction of sp³-hybridized carbons (Fsp3) is 0.500. The molecule has 0 aliphatic carbocycles. The van der Waals surface area contributed by atoms with Crippen molar-refractivity contribution in [2.24, 2.45) is 0 Å². The Morgan fingerprint density at radius 3 is 2.58 bits per heavy atom. The summed E-state index contributed by atoms with van der Waals surface area (Å²) in [6.45, 7) is 5.76. The second-order valence-corrected chi connectivity index (χ2v) is 9.91. The fourth-order valence-corrected chi connectivity index (χ4v) is 4.98. The first-order valence-corrected chi connectivity index (χ1v) is 10.4. The van der Waals surface area contributed by atoms with Gasteiger partial charge in [0.15, 0.2) is 0 Å². The van der Waals surface area contributed by atoms with Crippen LogP contribution in [0, 0.1) is 0 Å². The van der Waals surface area contributed by atoms with Gasteiger partial charge in [-0.15, -0.1) is 15.4 Å². The SMILES string of the molecule is CCc1c(-c2cc3c(s2)C(=O)NC(C)(C)N3C)cnn1S(=O)(=O)N(C)C. The summed E-state index contributed by atoms with van der Waals surface area (Å²) in [7, 11) is 1.18. The number of hydrogen-bond donors (Lipinski definition) is 1. The van der Waals surface area contributed by atoms with Gasteiger partial charge < -0.3 is 10.2 Å². The van der Waals surface area contributed by atoms with E-state index in [0.29, 0.717) is 17.0 Å². The number of fused-ring (bicyclic) bond motifs is 1. The largest absolute Gasteiger partial charge is 0.351 e. The molecule has 1 aliphatic heterocycles. The number of nitrogens with zero attached hydrogens (tertiary/aromatic N) is 4. The molecule has 1 N–H and O–H groups in total. The van der Waals surface area contributed by atoms with Crippen LogP contribution in [0.4, 0.5) is 5.69 Å². The van der Waals surface area contributed by atoms with Crippen molar-refractivity contribution in [3.63, 3.8) is 0 Å². The molecule has 1 amide bonds. The molecule has 0 saturated heterocycles. The van der Waals surface area contributed by atoms with Gasteiger partial charge in [-0.2, -0.15) is 17.8 Å². The van der Waals surface area contributed by atoms with E-state index in [1.165, 1.54) is 25.4 Å². The maximum absolute atomic E-state index is 12.5. The Hall–Kier alpha value is -1.91. The van der Waals surface area contributed by atoms with Crippen molar-refractivity contribution in [3.05, 3.63) is 22.8 Å². The van der Waals surface area contributed by atoms with Crippen molar-refractivity contribution < 1.29 is 13.2 Å². The van der Waals surface area contributed by atoms with Crippen LogP contribution in [0.3, 0.4) is 0 Å². The molecule has 2 aromatic heterocycles. The second-order valence-electron chi connectivity index (χ2n) is 6.89. The fourth-order valence-electron chi connectivity index (χ4n) is 2.89. The number of thiophene rings is 1. The lowest BCUT2D eigenvalue weighted by molar-refractivity contribution is 0.0905. The highest BCUT2D eigenvalue weighted by Gasteiger charge is 2.36. The highest BCUT2D eigenvalue weighted by Crippen LogP contribution is 2.41. The number of carbonyl (C=O) groups is 1. The van der Waals surface area contributed by atoms with Crippen LogP contribution < -0.4 is 10.2 Å². The number of nitrogens with one attached hydrogen (secondary N) is 1. The van der Waals surface area contributed by atoms with Gasteiger partial charge in [-0.05, 0) is 26.3 Å². The Bertz CT molecular complexity index is 972. The molecule has 8 nitrogen and oxygen atoms in total. The summed E-state index contributed by atoms with van der Waals surface area (Å²) in [6.07, 6.45) is 2.05. The van der Waals surface area contributed by atoms with Crippen LogP contribution in [0.5, 0.6) is 0 Å².